The summed E-state index contributed by atoms with van der Waals surface area (Å²) >= 11 is 0. The lowest BCUT2D eigenvalue weighted by Gasteiger charge is -2.12. The molecule has 28 heavy (non-hydrogen) atoms. The van der Waals surface area contributed by atoms with Gasteiger partial charge in [0.05, 0.1) is 10.4 Å². The van der Waals surface area contributed by atoms with Gasteiger partial charge in [0.2, 0.25) is 0 Å². The molecular weight excluding hydrogens is 364 g/mol. The number of nitrogens with one attached hydrogen (secondary N) is 2. The van der Waals surface area contributed by atoms with Gasteiger partial charge in [-0.05, 0) is 30.7 Å². The number of pyridine rings is 1. The molecule has 0 radical (unpaired) electrons. The molecule has 3 rings (SSSR count). The largest absolute Gasteiger partial charge is 0.299 e. The number of fused-ring (bicyclic) bond motifs is 1. The Bertz CT molecular complexity index is 1140. The summed E-state index contributed by atoms with van der Waals surface area (Å²) in [5.41, 5.74) is 5.56. The summed E-state index contributed by atoms with van der Waals surface area (Å²) in [5.74, 6) is -1.23. The average molecular weight is 380 g/mol. The fourth-order valence-electron chi connectivity index (χ4n) is 2.78. The number of hydrogen-bond acceptors (Lipinski definition) is 5. The zero-order chi connectivity index (χ0) is 20.3. The molecule has 9 heteroatoms. The minimum atomic E-state index is -0.635. The Morgan fingerprint density at radius 1 is 1.07 bits per heavy atom. The summed E-state index contributed by atoms with van der Waals surface area (Å²) in [7, 11) is 0. The lowest BCUT2D eigenvalue weighted by molar-refractivity contribution is -0.384. The molecule has 142 valence electrons. The van der Waals surface area contributed by atoms with Crippen molar-refractivity contribution in [2.45, 2.75) is 13.5 Å². The highest BCUT2D eigenvalue weighted by molar-refractivity contribution is 5.95. The van der Waals surface area contributed by atoms with Crippen molar-refractivity contribution in [2.75, 3.05) is 0 Å². The van der Waals surface area contributed by atoms with E-state index in [0.29, 0.717) is 5.52 Å². The molecule has 2 amide bonds. The molecule has 0 spiro atoms. The van der Waals surface area contributed by atoms with Gasteiger partial charge in [-0.1, -0.05) is 18.2 Å². The van der Waals surface area contributed by atoms with Crippen molar-refractivity contribution in [3.8, 4) is 0 Å². The molecule has 9 nitrogen and oxygen atoms in total. The van der Waals surface area contributed by atoms with Crippen molar-refractivity contribution in [1.29, 1.82) is 0 Å². The van der Waals surface area contributed by atoms with Gasteiger partial charge in [0.15, 0.2) is 0 Å². The van der Waals surface area contributed by atoms with Crippen LogP contribution in [0.3, 0.4) is 0 Å². The fraction of sp³-hybridized carbons (Fsp3) is 0.105. The van der Waals surface area contributed by atoms with E-state index in [4.69, 9.17) is 0 Å². The van der Waals surface area contributed by atoms with Gasteiger partial charge in [-0.2, -0.15) is 0 Å². The fourth-order valence-corrected chi connectivity index (χ4v) is 2.78. The van der Waals surface area contributed by atoms with E-state index in [1.54, 1.807) is 12.1 Å². The Hall–Kier alpha value is -4.01. The number of nitrogens with zero attached hydrogens (tertiary/aromatic N) is 2. The minimum absolute atomic E-state index is 0.142. The Balaban J connectivity index is 1.70. The predicted octanol–water partition coefficient (Wildman–Crippen LogP) is 1.68. The summed E-state index contributed by atoms with van der Waals surface area (Å²) in [6.07, 6.45) is 0. The molecule has 0 saturated carbocycles. The number of aromatic nitrogens is 1. The van der Waals surface area contributed by atoms with Crippen LogP contribution in [0.2, 0.25) is 0 Å². The van der Waals surface area contributed by atoms with Gasteiger partial charge in [0.1, 0.15) is 6.54 Å². The number of carbonyl (C=O) groups excluding carboxylic acids is 2. The molecule has 0 aliphatic rings. The van der Waals surface area contributed by atoms with E-state index >= 15 is 0 Å². The van der Waals surface area contributed by atoms with E-state index in [-0.39, 0.29) is 23.4 Å². The van der Waals surface area contributed by atoms with Gasteiger partial charge in [0, 0.05) is 29.1 Å². The predicted molar refractivity (Wildman–Crippen MR) is 102 cm³/mol. The molecule has 3 aromatic rings. The second-order valence-corrected chi connectivity index (χ2v) is 6.08. The SMILES string of the molecule is Cc1cc(=O)n(CC(=O)NNC(=O)c2ccc([N+](=O)[O-])cc2)c2ccccc12. The molecule has 1 heterocycles. The smallest absolute Gasteiger partial charge is 0.269 e. The molecule has 0 aliphatic heterocycles. The Morgan fingerprint density at radius 3 is 2.43 bits per heavy atom. The van der Waals surface area contributed by atoms with E-state index < -0.39 is 16.7 Å². The quantitative estimate of drug-likeness (QED) is 0.526. The summed E-state index contributed by atoms with van der Waals surface area (Å²) < 4.78 is 1.32. The Morgan fingerprint density at radius 2 is 1.75 bits per heavy atom. The standard InChI is InChI=1S/C19H16N4O5/c1-12-10-18(25)22(16-5-3-2-4-15(12)16)11-17(24)20-21-19(26)13-6-8-14(9-7-13)23(27)28/h2-10H,11H2,1H3,(H,20,24)(H,21,26). The normalized spacial score (nSPS) is 10.5. The third-order valence-electron chi connectivity index (χ3n) is 4.18. The first-order valence-electron chi connectivity index (χ1n) is 8.29. The zero-order valence-electron chi connectivity index (χ0n) is 14.8. The number of aryl methyl sites for hydroxylation is 1. The highest BCUT2D eigenvalue weighted by atomic mass is 16.6. The van der Waals surface area contributed by atoms with Gasteiger partial charge < -0.3 is 0 Å². The van der Waals surface area contributed by atoms with E-state index in [1.165, 1.54) is 34.9 Å². The average Bonchev–Trinajstić information content (AvgIpc) is 2.69. The highest BCUT2D eigenvalue weighted by Crippen LogP contribution is 2.15. The van der Waals surface area contributed by atoms with Crippen LogP contribution in [0.15, 0.2) is 59.4 Å². The van der Waals surface area contributed by atoms with Crippen molar-refractivity contribution < 1.29 is 14.5 Å². The van der Waals surface area contributed by atoms with Crippen LogP contribution in [0.4, 0.5) is 5.69 Å². The van der Waals surface area contributed by atoms with Crippen molar-refractivity contribution in [3.63, 3.8) is 0 Å². The molecule has 2 aromatic carbocycles. The number of benzene rings is 2. The lowest BCUT2D eigenvalue weighted by atomic mass is 10.1. The first kappa shape index (κ1) is 18.8. The number of amides is 2. The molecule has 0 atom stereocenters. The van der Waals surface area contributed by atoms with Crippen molar-refractivity contribution in [2.24, 2.45) is 0 Å². The van der Waals surface area contributed by atoms with Crippen LogP contribution in [0.1, 0.15) is 15.9 Å². The topological polar surface area (TPSA) is 123 Å². The number of rotatable bonds is 4. The zero-order valence-corrected chi connectivity index (χ0v) is 14.8. The molecule has 1 aromatic heterocycles. The molecular formula is C19H16N4O5. The number of carbonyl (C=O) groups is 2. The maximum absolute atomic E-state index is 12.3. The second kappa shape index (κ2) is 7.70. The summed E-state index contributed by atoms with van der Waals surface area (Å²) in [5, 5.41) is 11.5. The number of hydrogen-bond donors (Lipinski definition) is 2. The third kappa shape index (κ3) is 3.88. The monoisotopic (exact) mass is 380 g/mol. The minimum Gasteiger partial charge on any atom is -0.299 e. The van der Waals surface area contributed by atoms with Crippen molar-refractivity contribution in [3.05, 3.63) is 86.2 Å². The summed E-state index contributed by atoms with van der Waals surface area (Å²) in [6, 6.07) is 13.6. The summed E-state index contributed by atoms with van der Waals surface area (Å²) in [4.78, 5) is 46.6. The number of non-ortho nitro benzene ring substituents is 1. The number of nitro benzene ring substituents is 1. The van der Waals surface area contributed by atoms with Crippen molar-refractivity contribution >= 4 is 28.4 Å². The van der Waals surface area contributed by atoms with Gasteiger partial charge in [0.25, 0.3) is 23.1 Å². The number of para-hydroxylation sites is 1. The molecule has 0 unspecified atom stereocenters. The van der Waals surface area contributed by atoms with E-state index in [9.17, 15) is 24.5 Å². The maximum atomic E-state index is 12.3. The molecule has 0 saturated heterocycles. The van der Waals surface area contributed by atoms with Gasteiger partial charge in [-0.3, -0.25) is 39.9 Å². The molecule has 0 bridgehead atoms. The lowest BCUT2D eigenvalue weighted by Crippen LogP contribution is -2.44. The van der Waals surface area contributed by atoms with Gasteiger partial charge >= 0.3 is 0 Å². The van der Waals surface area contributed by atoms with Crippen LogP contribution in [-0.4, -0.2) is 21.3 Å². The van der Waals surface area contributed by atoms with Crippen LogP contribution in [-0.2, 0) is 11.3 Å². The van der Waals surface area contributed by atoms with Crippen LogP contribution in [0.25, 0.3) is 10.9 Å². The number of nitro groups is 1. The van der Waals surface area contributed by atoms with Crippen molar-refractivity contribution in [1.82, 2.24) is 15.4 Å². The molecule has 0 aliphatic carbocycles. The van der Waals surface area contributed by atoms with E-state index in [0.717, 1.165) is 10.9 Å². The summed E-state index contributed by atoms with van der Waals surface area (Å²) in [6.45, 7) is 1.54. The third-order valence-corrected chi connectivity index (χ3v) is 4.18. The van der Waals surface area contributed by atoms with E-state index in [2.05, 4.69) is 10.9 Å². The van der Waals surface area contributed by atoms with Gasteiger partial charge in [-0.25, -0.2) is 0 Å². The van der Waals surface area contributed by atoms with Crippen LogP contribution in [0, 0.1) is 17.0 Å². The molecule has 0 fully saturated rings. The van der Waals surface area contributed by atoms with Crippen LogP contribution >= 0.6 is 0 Å². The van der Waals surface area contributed by atoms with Crippen LogP contribution < -0.4 is 16.4 Å². The van der Waals surface area contributed by atoms with E-state index in [1.807, 2.05) is 19.1 Å². The Labute approximate surface area is 158 Å². The molecule has 2 N–H and O–H groups in total. The first-order valence-corrected chi connectivity index (χ1v) is 8.29. The maximum Gasteiger partial charge on any atom is 0.269 e. The Kier molecular flexibility index (Phi) is 5.16. The first-order chi connectivity index (χ1) is 13.4. The number of hydrazine groups is 1. The second-order valence-electron chi connectivity index (χ2n) is 6.08. The highest BCUT2D eigenvalue weighted by Gasteiger charge is 2.12. The van der Waals surface area contributed by atoms with Gasteiger partial charge in [-0.15, -0.1) is 0 Å². The van der Waals surface area contributed by atoms with Crippen LogP contribution in [0.5, 0.6) is 0 Å².